The van der Waals surface area contributed by atoms with Crippen LogP contribution in [0.25, 0.3) is 0 Å². The summed E-state index contributed by atoms with van der Waals surface area (Å²) in [7, 11) is 0. The second kappa shape index (κ2) is 24.3. The maximum Gasteiger partial charge on any atom is 0.246 e. The molecule has 3 amide bonds. The third kappa shape index (κ3) is 20.1. The number of carbonyl (C=O) groups excluding carboxylic acids is 4. The third-order valence-corrected chi connectivity index (χ3v) is 6.48. The fourth-order valence-corrected chi connectivity index (χ4v) is 4.39. The number of hydrogen-bond acceptors (Lipinski definition) is 12. The van der Waals surface area contributed by atoms with Crippen LogP contribution in [-0.4, -0.2) is 133 Å². The van der Waals surface area contributed by atoms with Gasteiger partial charge in [-0.05, 0) is 12.2 Å². The van der Waals surface area contributed by atoms with E-state index in [2.05, 4.69) is 23.3 Å². The van der Waals surface area contributed by atoms with Crippen LogP contribution in [0, 0.1) is 5.92 Å². The summed E-state index contributed by atoms with van der Waals surface area (Å²) >= 11 is 5.50. The molecular formula is C24H43N3O10S2. The summed E-state index contributed by atoms with van der Waals surface area (Å²) < 4.78 is 32.2. The Morgan fingerprint density at radius 3 is 2.13 bits per heavy atom. The van der Waals surface area contributed by atoms with Crippen LogP contribution in [0.4, 0.5) is 0 Å². The predicted molar refractivity (Wildman–Crippen MR) is 148 cm³/mol. The van der Waals surface area contributed by atoms with Crippen LogP contribution in [0.15, 0.2) is 0 Å². The first-order valence-electron chi connectivity index (χ1n) is 13.0. The molecule has 1 rings (SSSR count). The lowest BCUT2D eigenvalue weighted by atomic mass is 9.99. The highest BCUT2D eigenvalue weighted by atomic mass is 32.2. The van der Waals surface area contributed by atoms with Gasteiger partial charge in [-0.25, -0.2) is 0 Å². The Kier molecular flexibility index (Phi) is 22.2. The highest BCUT2D eigenvalue weighted by molar-refractivity contribution is 7.99. The average Bonchev–Trinajstić information content (AvgIpc) is 2.90. The van der Waals surface area contributed by atoms with Gasteiger partial charge in [-0.15, -0.1) is 0 Å². The second-order valence-electron chi connectivity index (χ2n) is 8.38. The quantitative estimate of drug-likeness (QED) is 0.0672. The normalized spacial score (nSPS) is 18.5. The van der Waals surface area contributed by atoms with Crippen molar-refractivity contribution in [3.63, 3.8) is 0 Å². The Labute approximate surface area is 239 Å². The van der Waals surface area contributed by atoms with Crippen LogP contribution in [0.3, 0.4) is 0 Å². The molecule has 226 valence electrons. The summed E-state index contributed by atoms with van der Waals surface area (Å²) in [5.41, 5.74) is 5.28. The van der Waals surface area contributed by atoms with Crippen molar-refractivity contribution < 1.29 is 47.6 Å². The van der Waals surface area contributed by atoms with E-state index >= 15 is 0 Å². The number of carbonyl (C=O) groups is 4. The van der Waals surface area contributed by atoms with Crippen molar-refractivity contribution in [3.8, 4) is 0 Å². The number of nitrogens with one attached hydrogen (secondary N) is 2. The molecule has 1 saturated heterocycles. The molecule has 0 aliphatic carbocycles. The summed E-state index contributed by atoms with van der Waals surface area (Å²) in [6.45, 7) is 4.51. The molecule has 0 aromatic heterocycles. The zero-order valence-corrected chi connectivity index (χ0v) is 24.1. The predicted octanol–water partition coefficient (Wildman–Crippen LogP) is -1.19. The molecule has 0 saturated carbocycles. The van der Waals surface area contributed by atoms with E-state index in [4.69, 9.17) is 34.2 Å². The Hall–Kier alpha value is -1.46. The molecule has 0 spiro atoms. The number of ether oxygens (including phenoxy) is 6. The number of rotatable bonds is 22. The van der Waals surface area contributed by atoms with Gasteiger partial charge in [0.2, 0.25) is 17.7 Å². The van der Waals surface area contributed by atoms with Crippen LogP contribution < -0.4 is 16.4 Å². The van der Waals surface area contributed by atoms with E-state index in [1.54, 1.807) is 0 Å². The lowest BCUT2D eigenvalue weighted by Crippen LogP contribution is -2.47. The fourth-order valence-electron chi connectivity index (χ4n) is 3.16. The standard InChI is InChI=1S/C24H43N3O10S2/c25-24(31)20-18-39-14-1-19(21(28)15-22(29)27-20)16-36-10-8-33-5-4-32-3-2-26-23(30)17-37-11-9-34-6-7-35-12-13-38/h19-20,38H,1-18H2,(H2,25,31)(H,26,30)(H,27,29). The van der Waals surface area contributed by atoms with E-state index in [1.807, 2.05) is 0 Å². The van der Waals surface area contributed by atoms with E-state index < -0.39 is 23.8 Å². The zero-order valence-electron chi connectivity index (χ0n) is 22.4. The number of thioether (sulfide) groups is 1. The highest BCUT2D eigenvalue weighted by Crippen LogP contribution is 2.16. The van der Waals surface area contributed by atoms with Crippen molar-refractivity contribution in [2.75, 3.05) is 103 Å². The number of thiol groups is 1. The maximum atomic E-state index is 12.4. The molecule has 0 aromatic carbocycles. The Morgan fingerprint density at radius 2 is 1.49 bits per heavy atom. The summed E-state index contributed by atoms with van der Waals surface area (Å²) in [4.78, 5) is 47.5. The lowest BCUT2D eigenvalue weighted by Gasteiger charge is -2.20. The first-order chi connectivity index (χ1) is 18.9. The second-order valence-corrected chi connectivity index (χ2v) is 9.97. The molecule has 39 heavy (non-hydrogen) atoms. The van der Waals surface area contributed by atoms with Crippen LogP contribution in [-0.2, 0) is 47.6 Å². The number of Topliss-reactive ketones (excluding diaryl/α,β-unsaturated/α-hetero) is 1. The molecule has 1 heterocycles. The summed E-state index contributed by atoms with van der Waals surface area (Å²) in [5, 5.41) is 5.20. The summed E-state index contributed by atoms with van der Waals surface area (Å²) in [6, 6.07) is -0.766. The van der Waals surface area contributed by atoms with Gasteiger partial charge < -0.3 is 44.8 Å². The van der Waals surface area contributed by atoms with Gasteiger partial charge in [0.1, 0.15) is 18.4 Å². The molecular weight excluding hydrogens is 554 g/mol. The third-order valence-electron chi connectivity index (χ3n) is 5.21. The van der Waals surface area contributed by atoms with Crippen molar-refractivity contribution in [2.45, 2.75) is 18.9 Å². The van der Waals surface area contributed by atoms with Gasteiger partial charge in [0, 0.05) is 24.0 Å². The fraction of sp³-hybridized carbons (Fsp3) is 0.833. The average molecular weight is 598 g/mol. The molecule has 13 nitrogen and oxygen atoms in total. The monoisotopic (exact) mass is 597 g/mol. The molecule has 0 aromatic rings. The van der Waals surface area contributed by atoms with E-state index in [1.165, 1.54) is 11.8 Å². The van der Waals surface area contributed by atoms with Crippen LogP contribution >= 0.6 is 24.4 Å². The lowest BCUT2D eigenvalue weighted by molar-refractivity contribution is -0.133. The van der Waals surface area contributed by atoms with E-state index in [0.717, 1.165) is 0 Å². The molecule has 1 fully saturated rings. The molecule has 2 atom stereocenters. The van der Waals surface area contributed by atoms with Crippen molar-refractivity contribution in [3.05, 3.63) is 0 Å². The maximum absolute atomic E-state index is 12.4. The van der Waals surface area contributed by atoms with Gasteiger partial charge in [0.15, 0.2) is 0 Å². The number of amides is 3. The van der Waals surface area contributed by atoms with Crippen LogP contribution in [0.1, 0.15) is 12.8 Å². The van der Waals surface area contributed by atoms with Gasteiger partial charge in [-0.1, -0.05) is 0 Å². The number of ketones is 1. The van der Waals surface area contributed by atoms with Crippen molar-refractivity contribution in [1.82, 2.24) is 10.6 Å². The summed E-state index contributed by atoms with van der Waals surface area (Å²) in [5.74, 6) is -0.244. The van der Waals surface area contributed by atoms with E-state index in [9.17, 15) is 19.2 Å². The largest absolute Gasteiger partial charge is 0.378 e. The van der Waals surface area contributed by atoms with Crippen molar-refractivity contribution in [2.24, 2.45) is 11.7 Å². The molecule has 2 unspecified atom stereocenters. The molecule has 0 radical (unpaired) electrons. The number of nitrogens with two attached hydrogens (primary N) is 1. The molecule has 15 heteroatoms. The van der Waals surface area contributed by atoms with Crippen molar-refractivity contribution >= 4 is 47.9 Å². The molecule has 1 aliphatic heterocycles. The number of hydrogen-bond donors (Lipinski definition) is 4. The Bertz CT molecular complexity index is 705. The van der Waals surface area contributed by atoms with Gasteiger partial charge >= 0.3 is 0 Å². The highest BCUT2D eigenvalue weighted by Gasteiger charge is 2.26. The minimum absolute atomic E-state index is 0.0448. The van der Waals surface area contributed by atoms with Gasteiger partial charge in [0.05, 0.1) is 79.1 Å². The molecule has 0 bridgehead atoms. The first kappa shape index (κ1) is 35.6. The SMILES string of the molecule is NC(=O)C1CSCCC(COCCOCCOCCNC(=O)COCCOCCOCCS)C(=O)CC(=O)N1. The van der Waals surface area contributed by atoms with Crippen LogP contribution in [0.5, 0.6) is 0 Å². The number of primary amides is 1. The van der Waals surface area contributed by atoms with Gasteiger partial charge in [-0.3, -0.25) is 19.2 Å². The molecule has 1 aliphatic rings. The first-order valence-corrected chi connectivity index (χ1v) is 14.8. The summed E-state index contributed by atoms with van der Waals surface area (Å²) in [6.07, 6.45) is 0.257. The minimum atomic E-state index is -0.766. The zero-order chi connectivity index (χ0) is 28.6. The van der Waals surface area contributed by atoms with E-state index in [-0.39, 0.29) is 31.3 Å². The topological polar surface area (TPSA) is 174 Å². The Morgan fingerprint density at radius 1 is 0.897 bits per heavy atom. The van der Waals surface area contributed by atoms with Crippen LogP contribution in [0.2, 0.25) is 0 Å². The minimum Gasteiger partial charge on any atom is -0.378 e. The van der Waals surface area contributed by atoms with Gasteiger partial charge in [-0.2, -0.15) is 24.4 Å². The van der Waals surface area contributed by atoms with Gasteiger partial charge in [0.25, 0.3) is 0 Å². The molecule has 4 N–H and O–H groups in total. The van der Waals surface area contributed by atoms with E-state index in [0.29, 0.717) is 96.3 Å². The van der Waals surface area contributed by atoms with Crippen molar-refractivity contribution in [1.29, 1.82) is 0 Å². The smallest absolute Gasteiger partial charge is 0.246 e. The Balaban J connectivity index is 1.95.